The van der Waals surface area contributed by atoms with E-state index in [2.05, 4.69) is 10.3 Å². The van der Waals surface area contributed by atoms with Gasteiger partial charge >= 0.3 is 0 Å². The van der Waals surface area contributed by atoms with E-state index < -0.39 is 17.6 Å². The Balaban J connectivity index is 1.76. The van der Waals surface area contributed by atoms with E-state index in [1.54, 1.807) is 12.3 Å². The SMILES string of the molecule is N#CC(C(=O)NC1CCCCC1)C(=O)c1cncc(-c2ccccc2)c1. The number of Topliss-reactive ketones (excluding diaryl/α,β-unsaturated/α-hetero) is 1. The van der Waals surface area contributed by atoms with Gasteiger partial charge in [0.15, 0.2) is 11.7 Å². The van der Waals surface area contributed by atoms with Crippen molar-refractivity contribution in [3.63, 3.8) is 0 Å². The molecule has 1 N–H and O–H groups in total. The van der Waals surface area contributed by atoms with E-state index in [9.17, 15) is 14.9 Å². The molecule has 1 aromatic heterocycles. The molecule has 132 valence electrons. The van der Waals surface area contributed by atoms with Crippen molar-refractivity contribution in [3.8, 4) is 17.2 Å². The predicted octanol–water partition coefficient (Wildman–Crippen LogP) is 3.52. The van der Waals surface area contributed by atoms with Crippen LogP contribution in [-0.4, -0.2) is 22.7 Å². The molecular formula is C21H21N3O2. The highest BCUT2D eigenvalue weighted by molar-refractivity contribution is 6.12. The number of nitrogens with zero attached hydrogens (tertiary/aromatic N) is 2. The van der Waals surface area contributed by atoms with Gasteiger partial charge in [-0.3, -0.25) is 14.6 Å². The summed E-state index contributed by atoms with van der Waals surface area (Å²) in [7, 11) is 0. The fraction of sp³-hybridized carbons (Fsp3) is 0.333. The molecule has 1 amide bonds. The molecule has 0 aliphatic heterocycles. The van der Waals surface area contributed by atoms with Crippen LogP contribution in [0.1, 0.15) is 42.5 Å². The van der Waals surface area contributed by atoms with Gasteiger partial charge in [0, 0.05) is 29.6 Å². The number of pyridine rings is 1. The molecule has 26 heavy (non-hydrogen) atoms. The van der Waals surface area contributed by atoms with Crippen molar-refractivity contribution in [2.45, 2.75) is 38.1 Å². The van der Waals surface area contributed by atoms with Gasteiger partial charge in [0.1, 0.15) is 0 Å². The summed E-state index contributed by atoms with van der Waals surface area (Å²) in [5.74, 6) is -2.36. The van der Waals surface area contributed by atoms with Gasteiger partial charge in [0.25, 0.3) is 0 Å². The molecule has 3 rings (SSSR count). The Hall–Kier alpha value is -3.00. The number of amides is 1. The molecule has 1 atom stereocenters. The van der Waals surface area contributed by atoms with Gasteiger partial charge in [-0.2, -0.15) is 5.26 Å². The van der Waals surface area contributed by atoms with Crippen molar-refractivity contribution in [2.75, 3.05) is 0 Å². The summed E-state index contributed by atoms with van der Waals surface area (Å²) < 4.78 is 0. The van der Waals surface area contributed by atoms with Crippen LogP contribution in [-0.2, 0) is 4.79 Å². The van der Waals surface area contributed by atoms with Crippen LogP contribution in [0.25, 0.3) is 11.1 Å². The Morgan fingerprint density at radius 3 is 2.50 bits per heavy atom. The molecule has 0 spiro atoms. The second kappa shape index (κ2) is 8.39. The zero-order valence-corrected chi connectivity index (χ0v) is 14.5. The topological polar surface area (TPSA) is 82.9 Å². The zero-order valence-electron chi connectivity index (χ0n) is 14.5. The first-order valence-electron chi connectivity index (χ1n) is 8.93. The Morgan fingerprint density at radius 1 is 1.08 bits per heavy atom. The van der Waals surface area contributed by atoms with Gasteiger partial charge in [-0.1, -0.05) is 49.6 Å². The van der Waals surface area contributed by atoms with Crippen LogP contribution in [0.15, 0.2) is 48.8 Å². The van der Waals surface area contributed by atoms with Crippen molar-refractivity contribution in [2.24, 2.45) is 5.92 Å². The normalized spacial score (nSPS) is 15.7. The van der Waals surface area contributed by atoms with Crippen molar-refractivity contribution >= 4 is 11.7 Å². The maximum Gasteiger partial charge on any atom is 0.245 e. The first-order chi connectivity index (χ1) is 12.7. The second-order valence-electron chi connectivity index (χ2n) is 6.60. The van der Waals surface area contributed by atoms with Crippen molar-refractivity contribution in [3.05, 3.63) is 54.4 Å². The van der Waals surface area contributed by atoms with E-state index >= 15 is 0 Å². The number of carbonyl (C=O) groups excluding carboxylic acids is 2. The largest absolute Gasteiger partial charge is 0.352 e. The number of rotatable bonds is 5. The van der Waals surface area contributed by atoms with E-state index in [0.29, 0.717) is 0 Å². The highest BCUT2D eigenvalue weighted by Gasteiger charge is 2.29. The number of nitrogens with one attached hydrogen (secondary N) is 1. The fourth-order valence-electron chi connectivity index (χ4n) is 3.30. The standard InChI is InChI=1S/C21H21N3O2/c22-12-19(21(26)24-18-9-5-2-6-10-18)20(25)17-11-16(13-23-14-17)15-7-3-1-4-8-15/h1,3-4,7-8,11,13-14,18-19H,2,5-6,9-10H2,(H,24,26). The van der Waals surface area contributed by atoms with Crippen LogP contribution in [0.5, 0.6) is 0 Å². The third kappa shape index (κ3) is 4.15. The molecule has 0 saturated heterocycles. The second-order valence-corrected chi connectivity index (χ2v) is 6.60. The lowest BCUT2D eigenvalue weighted by Gasteiger charge is -2.23. The summed E-state index contributed by atoms with van der Waals surface area (Å²) in [6.45, 7) is 0. The molecule has 1 fully saturated rings. The molecule has 1 heterocycles. The van der Waals surface area contributed by atoms with Crippen molar-refractivity contribution in [1.82, 2.24) is 10.3 Å². The number of hydrogen-bond donors (Lipinski definition) is 1. The lowest BCUT2D eigenvalue weighted by Crippen LogP contribution is -2.42. The van der Waals surface area contributed by atoms with E-state index in [1.807, 2.05) is 36.4 Å². The van der Waals surface area contributed by atoms with E-state index in [4.69, 9.17) is 0 Å². The molecule has 5 nitrogen and oxygen atoms in total. The summed E-state index contributed by atoms with van der Waals surface area (Å²) in [5.41, 5.74) is 1.98. The van der Waals surface area contributed by atoms with Crippen molar-refractivity contribution < 1.29 is 9.59 Å². The Morgan fingerprint density at radius 2 is 1.81 bits per heavy atom. The number of hydrogen-bond acceptors (Lipinski definition) is 4. The van der Waals surface area contributed by atoms with Gasteiger partial charge in [0.05, 0.1) is 6.07 Å². The third-order valence-corrected chi connectivity index (χ3v) is 4.73. The van der Waals surface area contributed by atoms with Crippen LogP contribution < -0.4 is 5.32 Å². The van der Waals surface area contributed by atoms with E-state index in [0.717, 1.165) is 36.8 Å². The smallest absolute Gasteiger partial charge is 0.245 e. The highest BCUT2D eigenvalue weighted by atomic mass is 16.2. The quantitative estimate of drug-likeness (QED) is 0.662. The molecule has 1 aliphatic rings. The average Bonchev–Trinajstić information content (AvgIpc) is 2.70. The maximum absolute atomic E-state index is 12.7. The first kappa shape index (κ1) is 17.8. The van der Waals surface area contributed by atoms with E-state index in [-0.39, 0.29) is 11.6 Å². The molecular weight excluding hydrogens is 326 g/mol. The third-order valence-electron chi connectivity index (χ3n) is 4.73. The summed E-state index contributed by atoms with van der Waals surface area (Å²) in [6, 6.07) is 13.2. The number of aromatic nitrogens is 1. The van der Waals surface area contributed by atoms with Crippen LogP contribution in [0, 0.1) is 17.2 Å². The molecule has 1 aromatic carbocycles. The summed E-state index contributed by atoms with van der Waals surface area (Å²) in [4.78, 5) is 29.3. The molecule has 1 unspecified atom stereocenters. The zero-order chi connectivity index (χ0) is 18.4. The average molecular weight is 347 g/mol. The van der Waals surface area contributed by atoms with Gasteiger partial charge in [-0.15, -0.1) is 0 Å². The molecule has 2 aromatic rings. The van der Waals surface area contributed by atoms with E-state index in [1.165, 1.54) is 12.6 Å². The van der Waals surface area contributed by atoms with Crippen LogP contribution in [0.4, 0.5) is 0 Å². The van der Waals surface area contributed by atoms with Gasteiger partial charge in [-0.05, 0) is 24.5 Å². The predicted molar refractivity (Wildman–Crippen MR) is 98.1 cm³/mol. The monoisotopic (exact) mass is 347 g/mol. The highest BCUT2D eigenvalue weighted by Crippen LogP contribution is 2.21. The minimum atomic E-state index is -1.34. The molecule has 0 bridgehead atoms. The fourth-order valence-corrected chi connectivity index (χ4v) is 3.30. The Bertz CT molecular complexity index is 821. The molecule has 0 radical (unpaired) electrons. The Kier molecular flexibility index (Phi) is 5.75. The molecule has 1 saturated carbocycles. The maximum atomic E-state index is 12.7. The van der Waals surface area contributed by atoms with Crippen LogP contribution in [0.2, 0.25) is 0 Å². The summed E-state index contributed by atoms with van der Waals surface area (Å²) in [5, 5.41) is 12.3. The van der Waals surface area contributed by atoms with Gasteiger partial charge in [-0.25, -0.2) is 0 Å². The van der Waals surface area contributed by atoms with Gasteiger partial charge in [0.2, 0.25) is 5.91 Å². The number of benzene rings is 1. The molecule has 1 aliphatic carbocycles. The Labute approximate surface area is 153 Å². The number of ketones is 1. The summed E-state index contributed by atoms with van der Waals surface area (Å²) in [6.07, 6.45) is 8.19. The van der Waals surface area contributed by atoms with Gasteiger partial charge < -0.3 is 5.32 Å². The summed E-state index contributed by atoms with van der Waals surface area (Å²) >= 11 is 0. The lowest BCUT2D eigenvalue weighted by atomic mass is 9.93. The first-order valence-corrected chi connectivity index (χ1v) is 8.93. The van der Waals surface area contributed by atoms with Crippen LogP contribution in [0.3, 0.4) is 0 Å². The minimum absolute atomic E-state index is 0.0636. The van der Waals surface area contributed by atoms with Crippen molar-refractivity contribution in [1.29, 1.82) is 5.26 Å². The minimum Gasteiger partial charge on any atom is -0.352 e. The van der Waals surface area contributed by atoms with Crippen LogP contribution >= 0.6 is 0 Å². The lowest BCUT2D eigenvalue weighted by molar-refractivity contribution is -0.123. The molecule has 5 heteroatoms. The number of nitriles is 1. The number of carbonyl (C=O) groups is 2.